The Morgan fingerprint density at radius 1 is 1.31 bits per heavy atom. The van der Waals surface area contributed by atoms with Gasteiger partial charge < -0.3 is 24.8 Å². The van der Waals surface area contributed by atoms with Gasteiger partial charge in [0.05, 0.1) is 7.11 Å². The highest BCUT2D eigenvalue weighted by Crippen LogP contribution is 2.22. The van der Waals surface area contributed by atoms with E-state index in [-0.39, 0.29) is 12.6 Å². The minimum absolute atomic E-state index is 0.0557. The van der Waals surface area contributed by atoms with E-state index in [4.69, 9.17) is 14.6 Å². The van der Waals surface area contributed by atoms with Crippen LogP contribution in [0.2, 0.25) is 0 Å². The summed E-state index contributed by atoms with van der Waals surface area (Å²) in [5, 5.41) is 10.5. The maximum absolute atomic E-state index is 11.0. The Morgan fingerprint density at radius 2 is 1.88 bits per heavy atom. The molecule has 1 atom stereocenters. The molecule has 2 N–H and O–H groups in total. The number of carboxylic acids is 1. The Labute approximate surface area is 148 Å². The topological polar surface area (TPSA) is 88.1 Å². The number of esters is 1. The molecule has 1 unspecified atom stereocenters. The van der Waals surface area contributed by atoms with Crippen LogP contribution in [0.1, 0.15) is 6.92 Å². The summed E-state index contributed by atoms with van der Waals surface area (Å²) in [6, 6.07) is 8.29. The number of alkyl halides is 3. The van der Waals surface area contributed by atoms with Crippen molar-refractivity contribution in [3.05, 3.63) is 24.3 Å². The highest BCUT2D eigenvalue weighted by molar-refractivity contribution is 5.73. The van der Waals surface area contributed by atoms with E-state index in [1.165, 1.54) is 12.8 Å². The highest BCUT2D eigenvalue weighted by Gasteiger charge is 2.38. The van der Waals surface area contributed by atoms with E-state index >= 15 is 0 Å². The zero-order valence-corrected chi connectivity index (χ0v) is 14.4. The van der Waals surface area contributed by atoms with Crippen LogP contribution < -0.4 is 15.0 Å². The second-order valence-electron chi connectivity index (χ2n) is 5.41. The molecule has 1 aliphatic rings. The Balaban J connectivity index is 0.000000412. The number of nitrogens with zero attached hydrogens (tertiary/aromatic N) is 1. The molecule has 1 aliphatic heterocycles. The molecule has 0 aliphatic carbocycles. The van der Waals surface area contributed by atoms with Crippen LogP contribution in [-0.2, 0) is 14.3 Å². The number of carboxylic acid groups (broad SMARTS) is 1. The fourth-order valence-electron chi connectivity index (χ4n) is 2.16. The van der Waals surface area contributed by atoms with E-state index in [2.05, 4.69) is 21.9 Å². The molecule has 0 amide bonds. The Bertz CT molecular complexity index is 593. The Kier molecular flexibility index (Phi) is 8.17. The zero-order chi connectivity index (χ0) is 19.7. The third kappa shape index (κ3) is 7.18. The first kappa shape index (κ1) is 21.6. The van der Waals surface area contributed by atoms with Gasteiger partial charge in [0, 0.05) is 31.4 Å². The molecule has 0 saturated carbocycles. The van der Waals surface area contributed by atoms with Gasteiger partial charge in [0.1, 0.15) is 5.75 Å². The number of halogens is 3. The smallest absolute Gasteiger partial charge is 0.482 e. The van der Waals surface area contributed by atoms with Crippen molar-refractivity contribution in [2.75, 3.05) is 38.3 Å². The second-order valence-corrected chi connectivity index (χ2v) is 5.41. The fourth-order valence-corrected chi connectivity index (χ4v) is 2.16. The van der Waals surface area contributed by atoms with Gasteiger partial charge in [0.2, 0.25) is 0 Å². The van der Waals surface area contributed by atoms with Gasteiger partial charge in [-0.2, -0.15) is 13.2 Å². The van der Waals surface area contributed by atoms with Crippen molar-refractivity contribution in [2.45, 2.75) is 19.1 Å². The van der Waals surface area contributed by atoms with Crippen molar-refractivity contribution in [3.8, 4) is 5.75 Å². The summed E-state index contributed by atoms with van der Waals surface area (Å²) in [4.78, 5) is 22.2. The van der Waals surface area contributed by atoms with Crippen molar-refractivity contribution in [1.29, 1.82) is 0 Å². The van der Waals surface area contributed by atoms with Crippen molar-refractivity contribution in [2.24, 2.45) is 0 Å². The van der Waals surface area contributed by atoms with Gasteiger partial charge in [-0.1, -0.05) is 0 Å². The number of hydrogen-bond acceptors (Lipinski definition) is 6. The number of benzene rings is 1. The third-order valence-corrected chi connectivity index (χ3v) is 3.50. The molecule has 0 radical (unpaired) electrons. The van der Waals surface area contributed by atoms with Gasteiger partial charge >= 0.3 is 18.1 Å². The number of piperazine rings is 1. The molecule has 146 valence electrons. The van der Waals surface area contributed by atoms with Gasteiger partial charge in [-0.25, -0.2) is 9.59 Å². The van der Waals surface area contributed by atoms with E-state index in [0.29, 0.717) is 11.8 Å². The maximum Gasteiger partial charge on any atom is 0.490 e. The maximum atomic E-state index is 11.0. The largest absolute Gasteiger partial charge is 0.490 e. The summed E-state index contributed by atoms with van der Waals surface area (Å²) in [7, 11) is 1.35. The van der Waals surface area contributed by atoms with Gasteiger partial charge in [-0.15, -0.1) is 0 Å². The summed E-state index contributed by atoms with van der Waals surface area (Å²) in [6.45, 7) is 5.16. The summed E-state index contributed by atoms with van der Waals surface area (Å²) in [5.74, 6) is -2.45. The average molecular weight is 378 g/mol. The second kappa shape index (κ2) is 9.85. The minimum Gasteiger partial charge on any atom is -0.482 e. The molecule has 1 saturated heterocycles. The van der Waals surface area contributed by atoms with Crippen molar-refractivity contribution in [1.82, 2.24) is 5.32 Å². The lowest BCUT2D eigenvalue weighted by Gasteiger charge is -2.35. The predicted molar refractivity (Wildman–Crippen MR) is 87.3 cm³/mol. The van der Waals surface area contributed by atoms with Crippen LogP contribution in [0, 0.1) is 0 Å². The van der Waals surface area contributed by atoms with Crippen molar-refractivity contribution >= 4 is 17.6 Å². The Hall–Kier alpha value is -2.49. The van der Waals surface area contributed by atoms with Crippen LogP contribution in [0.25, 0.3) is 0 Å². The first-order valence-electron chi connectivity index (χ1n) is 7.72. The number of hydrogen-bond donors (Lipinski definition) is 2. The van der Waals surface area contributed by atoms with Crippen molar-refractivity contribution < 1.29 is 37.3 Å². The number of carbonyl (C=O) groups is 2. The normalized spacial score (nSPS) is 17.0. The SMILES string of the molecule is COC(=O)COc1ccc(N2CCNCC2C)cc1.O=C(O)C(F)(F)F. The molecule has 1 fully saturated rings. The lowest BCUT2D eigenvalue weighted by atomic mass is 10.2. The summed E-state index contributed by atoms with van der Waals surface area (Å²) < 4.78 is 41.6. The zero-order valence-electron chi connectivity index (χ0n) is 14.4. The monoisotopic (exact) mass is 378 g/mol. The van der Waals surface area contributed by atoms with Crippen molar-refractivity contribution in [3.63, 3.8) is 0 Å². The molecule has 1 heterocycles. The van der Waals surface area contributed by atoms with Crippen LogP contribution >= 0.6 is 0 Å². The van der Waals surface area contributed by atoms with Crippen LogP contribution in [0.3, 0.4) is 0 Å². The van der Waals surface area contributed by atoms with Gasteiger partial charge in [0.15, 0.2) is 6.61 Å². The highest BCUT2D eigenvalue weighted by atomic mass is 19.4. The molecular formula is C16H21F3N2O5. The van der Waals surface area contributed by atoms with Gasteiger partial charge in [-0.05, 0) is 31.2 Å². The number of carbonyl (C=O) groups excluding carboxylic acids is 1. The van der Waals surface area contributed by atoms with E-state index in [9.17, 15) is 18.0 Å². The van der Waals surface area contributed by atoms with Gasteiger partial charge in [-0.3, -0.25) is 0 Å². The first-order valence-corrected chi connectivity index (χ1v) is 7.72. The number of aliphatic carboxylic acids is 1. The number of nitrogens with one attached hydrogen (secondary N) is 1. The predicted octanol–water partition coefficient (Wildman–Crippen LogP) is 1.67. The van der Waals surface area contributed by atoms with E-state index < -0.39 is 12.1 Å². The lowest BCUT2D eigenvalue weighted by molar-refractivity contribution is -0.192. The number of rotatable bonds is 4. The minimum atomic E-state index is -5.08. The molecule has 26 heavy (non-hydrogen) atoms. The quantitative estimate of drug-likeness (QED) is 0.771. The number of methoxy groups -OCH3 is 1. The molecule has 2 rings (SSSR count). The number of anilines is 1. The summed E-state index contributed by atoms with van der Waals surface area (Å²) in [5.41, 5.74) is 1.18. The first-order chi connectivity index (χ1) is 12.1. The van der Waals surface area contributed by atoms with Crippen LogP contribution in [0.5, 0.6) is 5.75 Å². The number of ether oxygens (including phenoxy) is 2. The molecule has 1 aromatic rings. The molecule has 0 bridgehead atoms. The van der Waals surface area contributed by atoms with Gasteiger partial charge in [0.25, 0.3) is 0 Å². The summed E-state index contributed by atoms with van der Waals surface area (Å²) >= 11 is 0. The standard InChI is InChI=1S/C14H20N2O3.C2HF3O2/c1-11-9-15-7-8-16(11)12-3-5-13(6-4-12)19-10-14(17)18-2;3-2(4,5)1(6)7/h3-6,11,15H,7-10H2,1-2H3;(H,6,7). The molecule has 7 nitrogen and oxygen atoms in total. The van der Waals surface area contributed by atoms with Crippen LogP contribution in [0.4, 0.5) is 18.9 Å². The fraction of sp³-hybridized carbons (Fsp3) is 0.500. The van der Waals surface area contributed by atoms with Crippen LogP contribution in [-0.4, -0.2) is 62.6 Å². The lowest BCUT2D eigenvalue weighted by Crippen LogP contribution is -2.49. The molecule has 10 heteroatoms. The van der Waals surface area contributed by atoms with Crippen LogP contribution in [0.15, 0.2) is 24.3 Å². The van der Waals surface area contributed by atoms with E-state index in [1.807, 2.05) is 24.3 Å². The van der Waals surface area contributed by atoms with E-state index in [1.54, 1.807) is 0 Å². The Morgan fingerprint density at radius 3 is 2.35 bits per heavy atom. The summed E-state index contributed by atoms with van der Waals surface area (Å²) in [6.07, 6.45) is -5.08. The molecule has 1 aromatic carbocycles. The molecule has 0 aromatic heterocycles. The van der Waals surface area contributed by atoms with E-state index in [0.717, 1.165) is 19.6 Å². The average Bonchev–Trinajstić information content (AvgIpc) is 2.60. The molecule has 0 spiro atoms. The third-order valence-electron chi connectivity index (χ3n) is 3.50. The molecular weight excluding hydrogens is 357 g/mol.